The molecule has 5 fully saturated rings. The van der Waals surface area contributed by atoms with Crippen LogP contribution in [0.5, 0.6) is 0 Å². The van der Waals surface area contributed by atoms with Crippen molar-refractivity contribution in [3.05, 3.63) is 15.7 Å². The Kier molecular flexibility index (Phi) is 3.37. The van der Waals surface area contributed by atoms with E-state index < -0.39 is 0 Å². The second kappa shape index (κ2) is 5.14. The summed E-state index contributed by atoms with van der Waals surface area (Å²) in [6.07, 6.45) is 8.84. The van der Waals surface area contributed by atoms with Crippen molar-refractivity contribution in [1.82, 2.24) is 19.4 Å². The Labute approximate surface area is 150 Å². The van der Waals surface area contributed by atoms with E-state index in [2.05, 4.69) is 43.2 Å². The molecule has 1 saturated heterocycles. The summed E-state index contributed by atoms with van der Waals surface area (Å²) in [6.45, 7) is 4.71. The third kappa shape index (κ3) is 2.24. The van der Waals surface area contributed by atoms with E-state index in [-0.39, 0.29) is 6.67 Å². The van der Waals surface area contributed by atoms with Crippen molar-refractivity contribution in [2.45, 2.75) is 49.1 Å². The van der Waals surface area contributed by atoms with Gasteiger partial charge in [0.2, 0.25) is 0 Å². The zero-order chi connectivity index (χ0) is 15.7. The topological polar surface area (TPSA) is 24.3 Å². The van der Waals surface area contributed by atoms with Crippen molar-refractivity contribution in [1.29, 1.82) is 0 Å². The molecule has 1 aromatic rings. The number of rotatable bonds is 5. The van der Waals surface area contributed by atoms with Gasteiger partial charge in [-0.3, -0.25) is 9.80 Å². The van der Waals surface area contributed by atoms with Crippen LogP contribution in [0.2, 0.25) is 0 Å². The third-order valence-electron chi connectivity index (χ3n) is 6.58. The predicted molar refractivity (Wildman–Crippen MR) is 95.5 cm³/mol. The molecule has 126 valence electrons. The fraction of sp³-hybridized carbons (Fsp3) is 0.824. The number of halogens is 2. The number of imidazole rings is 1. The van der Waals surface area contributed by atoms with Gasteiger partial charge in [-0.1, -0.05) is 0 Å². The first-order chi connectivity index (χ1) is 11.1. The second-order valence-corrected chi connectivity index (χ2v) is 9.17. The van der Waals surface area contributed by atoms with Gasteiger partial charge in [-0.05, 0) is 54.7 Å². The summed E-state index contributed by atoms with van der Waals surface area (Å²) in [7, 11) is 0. The number of piperazine rings is 1. The maximum absolute atomic E-state index is 12.5. The molecular formula is C17H24FIN4. The van der Waals surface area contributed by atoms with Gasteiger partial charge >= 0.3 is 0 Å². The van der Waals surface area contributed by atoms with Crippen molar-refractivity contribution in [2.75, 3.05) is 39.4 Å². The summed E-state index contributed by atoms with van der Waals surface area (Å²) in [4.78, 5) is 9.77. The fourth-order valence-electron chi connectivity index (χ4n) is 5.21. The van der Waals surface area contributed by atoms with Crippen molar-refractivity contribution in [2.24, 2.45) is 0 Å². The molecule has 2 bridgehead atoms. The highest BCUT2D eigenvalue weighted by atomic mass is 127. The molecule has 5 aliphatic rings. The summed E-state index contributed by atoms with van der Waals surface area (Å²) < 4.78 is 16.2. The first kappa shape index (κ1) is 15.1. The monoisotopic (exact) mass is 430 g/mol. The van der Waals surface area contributed by atoms with Crippen molar-refractivity contribution in [3.63, 3.8) is 0 Å². The average Bonchev–Trinajstić information content (AvgIpc) is 3.22. The van der Waals surface area contributed by atoms with Crippen molar-refractivity contribution >= 4 is 22.6 Å². The van der Waals surface area contributed by atoms with Gasteiger partial charge in [0.15, 0.2) is 0 Å². The van der Waals surface area contributed by atoms with E-state index in [0.717, 1.165) is 35.8 Å². The van der Waals surface area contributed by atoms with E-state index in [1.165, 1.54) is 37.9 Å². The summed E-state index contributed by atoms with van der Waals surface area (Å²) in [5.74, 6) is 2.09. The molecule has 2 heterocycles. The van der Waals surface area contributed by atoms with Gasteiger partial charge in [0.1, 0.15) is 16.2 Å². The summed E-state index contributed by atoms with van der Waals surface area (Å²) >= 11 is 2.36. The van der Waals surface area contributed by atoms with E-state index in [0.29, 0.717) is 17.6 Å². The molecule has 1 aliphatic heterocycles. The van der Waals surface area contributed by atoms with E-state index in [4.69, 9.17) is 4.98 Å². The van der Waals surface area contributed by atoms with Crippen molar-refractivity contribution < 1.29 is 4.39 Å². The van der Waals surface area contributed by atoms with Crippen LogP contribution in [0.1, 0.15) is 43.8 Å². The summed E-state index contributed by atoms with van der Waals surface area (Å²) in [5, 5.41) is 0. The first-order valence-corrected chi connectivity index (χ1v) is 10.0. The van der Waals surface area contributed by atoms with Gasteiger partial charge in [0.25, 0.3) is 0 Å². The first-order valence-electron chi connectivity index (χ1n) is 8.93. The van der Waals surface area contributed by atoms with Crippen LogP contribution in [0, 0.1) is 3.70 Å². The lowest BCUT2D eigenvalue weighted by atomic mass is 9.43. The Morgan fingerprint density at radius 2 is 1.83 bits per heavy atom. The molecule has 0 radical (unpaired) electrons. The predicted octanol–water partition coefficient (Wildman–Crippen LogP) is 2.58. The average molecular weight is 430 g/mol. The summed E-state index contributed by atoms with van der Waals surface area (Å²) in [5.41, 5.74) is 0.836. The molecule has 0 unspecified atom stereocenters. The number of hydrogen-bond donors (Lipinski definition) is 0. The van der Waals surface area contributed by atoms with E-state index in [1.54, 1.807) is 0 Å². The quantitative estimate of drug-likeness (QED) is 0.672. The molecule has 4 saturated carbocycles. The van der Waals surface area contributed by atoms with Crippen LogP contribution < -0.4 is 0 Å². The fourth-order valence-corrected chi connectivity index (χ4v) is 5.74. The van der Waals surface area contributed by atoms with Crippen LogP contribution in [0.3, 0.4) is 0 Å². The standard InChI is InChI=1S/C17H24FIN4/c18-3-4-21-5-7-22(8-6-21)16-10-17(11-16,12-16)23-9-14(19)20-15(23)13-1-2-13/h9,13H,1-8,10-12H2. The number of alkyl halides is 1. The molecule has 0 atom stereocenters. The van der Waals surface area contributed by atoms with E-state index >= 15 is 0 Å². The van der Waals surface area contributed by atoms with Gasteiger partial charge in [0.05, 0.1) is 5.54 Å². The lowest BCUT2D eigenvalue weighted by molar-refractivity contribution is -0.214. The van der Waals surface area contributed by atoms with E-state index in [9.17, 15) is 4.39 Å². The van der Waals surface area contributed by atoms with Gasteiger partial charge in [-0.15, -0.1) is 0 Å². The maximum atomic E-state index is 12.5. The Morgan fingerprint density at radius 3 is 2.43 bits per heavy atom. The Morgan fingerprint density at radius 1 is 1.13 bits per heavy atom. The minimum Gasteiger partial charge on any atom is -0.327 e. The van der Waals surface area contributed by atoms with Crippen LogP contribution in [-0.4, -0.2) is 64.3 Å². The molecular weight excluding hydrogens is 406 g/mol. The minimum atomic E-state index is -0.211. The lowest BCUT2D eigenvalue weighted by Gasteiger charge is -2.75. The zero-order valence-electron chi connectivity index (χ0n) is 13.5. The molecule has 4 nitrogen and oxygen atoms in total. The molecule has 23 heavy (non-hydrogen) atoms. The highest BCUT2D eigenvalue weighted by molar-refractivity contribution is 14.1. The Hall–Kier alpha value is -0.210. The van der Waals surface area contributed by atoms with Crippen LogP contribution in [0.15, 0.2) is 6.20 Å². The molecule has 6 rings (SSSR count). The van der Waals surface area contributed by atoms with Crippen LogP contribution in [-0.2, 0) is 5.54 Å². The molecule has 1 aromatic heterocycles. The van der Waals surface area contributed by atoms with Crippen LogP contribution >= 0.6 is 22.6 Å². The largest absolute Gasteiger partial charge is 0.327 e. The number of nitrogens with zero attached hydrogens (tertiary/aromatic N) is 4. The Balaban J connectivity index is 1.26. The number of aromatic nitrogens is 2. The normalized spacial score (nSPS) is 37.5. The van der Waals surface area contributed by atoms with Gasteiger partial charge in [0, 0.05) is 50.4 Å². The SMILES string of the molecule is FCCN1CCN(C23CC(n4cc(I)nc4C4CC4)(C2)C3)CC1. The molecule has 0 aromatic carbocycles. The van der Waals surface area contributed by atoms with Crippen LogP contribution in [0.25, 0.3) is 0 Å². The highest BCUT2D eigenvalue weighted by Gasteiger charge is 2.71. The van der Waals surface area contributed by atoms with E-state index in [1.807, 2.05) is 0 Å². The minimum absolute atomic E-state index is 0.211. The molecule has 0 spiro atoms. The molecule has 0 amide bonds. The van der Waals surface area contributed by atoms with Gasteiger partial charge < -0.3 is 4.57 Å². The highest BCUT2D eigenvalue weighted by Crippen LogP contribution is 2.68. The zero-order valence-corrected chi connectivity index (χ0v) is 15.6. The molecule has 6 heteroatoms. The third-order valence-corrected chi connectivity index (χ3v) is 7.10. The van der Waals surface area contributed by atoms with Crippen LogP contribution in [0.4, 0.5) is 4.39 Å². The lowest BCUT2D eigenvalue weighted by Crippen LogP contribution is -2.80. The summed E-state index contributed by atoms with van der Waals surface area (Å²) in [6, 6.07) is 0. The Bertz CT molecular complexity index is 598. The van der Waals surface area contributed by atoms with Gasteiger partial charge in [-0.25, -0.2) is 9.37 Å². The van der Waals surface area contributed by atoms with Crippen molar-refractivity contribution in [3.8, 4) is 0 Å². The number of hydrogen-bond acceptors (Lipinski definition) is 3. The smallest absolute Gasteiger partial charge is 0.119 e. The molecule has 0 N–H and O–H groups in total. The maximum Gasteiger partial charge on any atom is 0.119 e. The van der Waals surface area contributed by atoms with Gasteiger partial charge in [-0.2, -0.15) is 0 Å². The second-order valence-electron chi connectivity index (χ2n) is 8.06. The molecule has 4 aliphatic carbocycles.